The molecule has 1 aliphatic rings. The zero-order chi connectivity index (χ0) is 39.6. The summed E-state index contributed by atoms with van der Waals surface area (Å²) in [5.74, 6) is 2.07. The van der Waals surface area contributed by atoms with E-state index in [-0.39, 0.29) is 31.9 Å². The third-order valence-electron chi connectivity index (χ3n) is 11.1. The van der Waals surface area contributed by atoms with Gasteiger partial charge in [-0.2, -0.15) is 12.1 Å². The van der Waals surface area contributed by atoms with Gasteiger partial charge in [-0.25, -0.2) is 4.98 Å². The van der Waals surface area contributed by atoms with Gasteiger partial charge in [0.05, 0.1) is 0 Å². The largest absolute Gasteiger partial charge is 0.509 e. The van der Waals surface area contributed by atoms with Crippen molar-refractivity contribution >= 4 is 44.6 Å². The van der Waals surface area contributed by atoms with E-state index in [1.54, 1.807) is 0 Å². The second-order valence-electron chi connectivity index (χ2n) is 17.2. The molecule has 5 nitrogen and oxygen atoms in total. The van der Waals surface area contributed by atoms with E-state index < -0.39 is 0 Å². The summed E-state index contributed by atoms with van der Waals surface area (Å²) >= 11 is 0. The van der Waals surface area contributed by atoms with Gasteiger partial charge in [-0.3, -0.25) is 0 Å². The van der Waals surface area contributed by atoms with Crippen molar-refractivity contribution in [2.45, 2.75) is 66.2 Å². The minimum atomic E-state index is -0.0131. The van der Waals surface area contributed by atoms with E-state index in [2.05, 4.69) is 198 Å². The minimum Gasteiger partial charge on any atom is -0.509 e. The van der Waals surface area contributed by atoms with Gasteiger partial charge in [-0.15, -0.1) is 48.1 Å². The molecule has 294 valence electrons. The molecule has 0 aliphatic carbocycles. The molecule has 1 aliphatic heterocycles. The molecule has 0 amide bonds. The van der Waals surface area contributed by atoms with E-state index >= 15 is 0 Å². The Morgan fingerprint density at radius 3 is 2.02 bits per heavy atom. The van der Waals surface area contributed by atoms with Crippen LogP contribution in [0.1, 0.15) is 63.8 Å². The maximum Gasteiger partial charge on any atom is 0.135 e. The van der Waals surface area contributed by atoms with Crippen LogP contribution in [-0.2, 0) is 31.9 Å². The number of rotatable bonds is 6. The van der Waals surface area contributed by atoms with Crippen molar-refractivity contribution in [3.8, 4) is 28.4 Å². The fraction of sp³-hybridized carbons (Fsp3) is 0.192. The van der Waals surface area contributed by atoms with E-state index in [0.717, 1.165) is 50.4 Å². The fourth-order valence-corrected chi connectivity index (χ4v) is 8.11. The molecule has 0 unspecified atom stereocenters. The van der Waals surface area contributed by atoms with Crippen LogP contribution in [0.25, 0.3) is 38.8 Å². The van der Waals surface area contributed by atoms with Crippen molar-refractivity contribution in [1.82, 2.24) is 9.55 Å². The van der Waals surface area contributed by atoms with Crippen molar-refractivity contribution in [3.05, 3.63) is 175 Å². The molecule has 0 radical (unpaired) electrons. The van der Waals surface area contributed by atoms with E-state index in [4.69, 9.17) is 9.72 Å². The van der Waals surface area contributed by atoms with Crippen LogP contribution in [0.2, 0.25) is 0 Å². The molecule has 2 aromatic heterocycles. The van der Waals surface area contributed by atoms with Gasteiger partial charge in [0.25, 0.3) is 0 Å². The Morgan fingerprint density at radius 2 is 1.28 bits per heavy atom. The van der Waals surface area contributed by atoms with Gasteiger partial charge in [0.2, 0.25) is 0 Å². The molecule has 0 bridgehead atoms. The Morgan fingerprint density at radius 1 is 0.603 bits per heavy atom. The number of pyridine rings is 1. The molecule has 8 aromatic rings. The molecule has 6 heteroatoms. The van der Waals surface area contributed by atoms with E-state index in [1.807, 2.05) is 24.4 Å². The summed E-state index contributed by atoms with van der Waals surface area (Å²) in [7, 11) is 0. The molecule has 58 heavy (non-hydrogen) atoms. The number of aryl methyl sites for hydroxylation is 2. The maximum atomic E-state index is 6.57. The quantitative estimate of drug-likeness (QED) is 0.156. The normalized spacial score (nSPS) is 12.9. The fourth-order valence-electron chi connectivity index (χ4n) is 8.11. The van der Waals surface area contributed by atoms with Gasteiger partial charge in [-0.05, 0) is 106 Å². The van der Waals surface area contributed by atoms with Gasteiger partial charge in [0.1, 0.15) is 5.82 Å². The van der Waals surface area contributed by atoms with Crippen LogP contribution in [0.5, 0.6) is 11.5 Å². The number of ether oxygens (including phenoxy) is 1. The predicted molar refractivity (Wildman–Crippen MR) is 237 cm³/mol. The van der Waals surface area contributed by atoms with Crippen molar-refractivity contribution in [3.63, 3.8) is 0 Å². The molecule has 9 rings (SSSR count). The summed E-state index contributed by atoms with van der Waals surface area (Å²) in [6, 6.07) is 52.1. The van der Waals surface area contributed by atoms with Gasteiger partial charge in [-0.1, -0.05) is 102 Å². The Bertz CT molecular complexity index is 2800. The summed E-state index contributed by atoms with van der Waals surface area (Å²) in [6.07, 6.45) is 1.90. The summed E-state index contributed by atoms with van der Waals surface area (Å²) in [6.45, 7) is 20.1. The number of hydrogen-bond acceptors (Lipinski definition) is 4. The van der Waals surface area contributed by atoms with Crippen LogP contribution >= 0.6 is 0 Å². The number of aromatic nitrogens is 2. The molecular formula is C52H47N4OPt-3. The van der Waals surface area contributed by atoms with Gasteiger partial charge in [0, 0.05) is 61.3 Å². The summed E-state index contributed by atoms with van der Waals surface area (Å²) in [5.41, 5.74) is 13.9. The number of hydrogen-bond donors (Lipinski definition) is 0. The zero-order valence-corrected chi connectivity index (χ0v) is 36.6. The standard InChI is InChI=1S/C52H47N4O.Pt/c1-34-27-38(52(6,7)8)28-35(2)50(34)36-15-13-16-39(29-36)54-33-55(47-22-12-11-21-46(47)54)40-17-14-18-41(31-40)57-42-23-24-44-43-19-9-10-20-45(43)56(48(44)32-42)49-30-37(25-26-53-49)51(3,4)5;/h9-30,33H,1-8H3;/q-3;. The third-order valence-corrected chi connectivity index (χ3v) is 11.1. The van der Waals surface area contributed by atoms with Crippen LogP contribution < -0.4 is 14.5 Å². The molecule has 0 N–H and O–H groups in total. The minimum absolute atomic E-state index is 0. The molecule has 0 saturated carbocycles. The average Bonchev–Trinajstić information content (AvgIpc) is 3.73. The molecular weight excluding hydrogens is 892 g/mol. The Kier molecular flexibility index (Phi) is 10.1. The summed E-state index contributed by atoms with van der Waals surface area (Å²) in [4.78, 5) is 9.28. The Hall–Kier alpha value is -5.64. The second kappa shape index (κ2) is 14.9. The first kappa shape index (κ1) is 39.2. The molecule has 3 heterocycles. The van der Waals surface area contributed by atoms with Crippen molar-refractivity contribution in [2.24, 2.45) is 0 Å². The number of anilines is 4. The van der Waals surface area contributed by atoms with Gasteiger partial charge >= 0.3 is 0 Å². The molecule has 6 aromatic carbocycles. The van der Waals surface area contributed by atoms with Gasteiger partial charge < -0.3 is 19.1 Å². The number of benzene rings is 6. The van der Waals surface area contributed by atoms with Crippen molar-refractivity contribution < 1.29 is 25.8 Å². The molecule has 0 spiro atoms. The molecule has 0 atom stereocenters. The Labute approximate surface area is 357 Å². The van der Waals surface area contributed by atoms with Crippen LogP contribution in [0.15, 0.2) is 134 Å². The first-order valence-electron chi connectivity index (χ1n) is 19.7. The Balaban J connectivity index is 0.00000469. The van der Waals surface area contributed by atoms with Crippen molar-refractivity contribution in [1.29, 1.82) is 0 Å². The second-order valence-corrected chi connectivity index (χ2v) is 17.2. The van der Waals surface area contributed by atoms with Crippen molar-refractivity contribution in [2.75, 3.05) is 9.80 Å². The van der Waals surface area contributed by atoms with E-state index in [0.29, 0.717) is 11.5 Å². The first-order chi connectivity index (χ1) is 27.3. The molecule has 0 saturated heterocycles. The monoisotopic (exact) mass is 938 g/mol. The zero-order valence-electron chi connectivity index (χ0n) is 34.3. The molecule has 0 fully saturated rings. The number of para-hydroxylation sites is 3. The first-order valence-corrected chi connectivity index (χ1v) is 19.7. The van der Waals surface area contributed by atoms with E-state index in [9.17, 15) is 0 Å². The van der Waals surface area contributed by atoms with E-state index in [1.165, 1.54) is 33.4 Å². The average molecular weight is 939 g/mol. The smallest absolute Gasteiger partial charge is 0.135 e. The number of nitrogens with zero attached hydrogens (tertiary/aromatic N) is 4. The maximum absolute atomic E-state index is 6.57. The topological polar surface area (TPSA) is 33.5 Å². The van der Waals surface area contributed by atoms with Crippen LogP contribution in [0.3, 0.4) is 0 Å². The summed E-state index contributed by atoms with van der Waals surface area (Å²) in [5, 5.41) is 2.24. The van der Waals surface area contributed by atoms with Crippen LogP contribution in [-0.4, -0.2) is 9.55 Å². The number of fused-ring (bicyclic) bond motifs is 4. The summed E-state index contributed by atoms with van der Waals surface area (Å²) < 4.78 is 8.76. The SMILES string of the molecule is Cc1cc(C(C)(C)C)cc(C)c1-c1cccc(N2[CH-]N(c3[c-]c(Oc4[c-]c5c(cc4)c4ccccc4n5-c4cc(C(C)(C)C)ccn4)ccc3)c3ccccc32)c1.[Pt]. The van der Waals surface area contributed by atoms with Crippen LogP contribution in [0, 0.1) is 32.6 Å². The van der Waals surface area contributed by atoms with Crippen LogP contribution in [0.4, 0.5) is 22.7 Å². The predicted octanol–water partition coefficient (Wildman–Crippen LogP) is 13.9. The third kappa shape index (κ3) is 7.11. The van der Waals surface area contributed by atoms with Gasteiger partial charge in [0.15, 0.2) is 0 Å².